The Balaban J connectivity index is 1.86. The maximum atomic E-state index is 13.0. The van der Waals surface area contributed by atoms with E-state index in [-0.39, 0.29) is 16.4 Å². The fourth-order valence-electron chi connectivity index (χ4n) is 4.35. The Bertz CT molecular complexity index is 654. The van der Waals surface area contributed by atoms with Gasteiger partial charge in [0.2, 0.25) is 0 Å². The molecular weight excluding hydrogens is 366 g/mol. The highest BCUT2D eigenvalue weighted by molar-refractivity contribution is 5.75. The summed E-state index contributed by atoms with van der Waals surface area (Å²) in [5.41, 5.74) is 4.23. The zero-order chi connectivity index (χ0) is 21.3. The summed E-state index contributed by atoms with van der Waals surface area (Å²) in [6.07, 6.45) is 5.42. The van der Waals surface area contributed by atoms with Crippen LogP contribution in [0.15, 0.2) is 24.3 Å². The average Bonchev–Trinajstić information content (AvgIpc) is 2.71. The second-order valence-corrected chi connectivity index (χ2v) is 8.17. The van der Waals surface area contributed by atoms with Crippen LogP contribution in [0.2, 0.25) is 0 Å². The monoisotopic (exact) mass is 404 g/mol. The fraction of sp³-hybridized carbons (Fsp3) is 0.652. The summed E-state index contributed by atoms with van der Waals surface area (Å²) in [6, 6.07) is 8.63. The Morgan fingerprint density at radius 1 is 1.17 bits per heavy atom. The minimum absolute atomic E-state index is 0.122. The molecule has 0 bridgehead atoms. The molecule has 1 unspecified atom stereocenters. The first-order valence-electron chi connectivity index (χ1n) is 11.0. The molecule has 0 saturated carbocycles. The molecule has 1 N–H and O–H groups in total. The van der Waals surface area contributed by atoms with E-state index in [0.717, 1.165) is 64.0 Å². The summed E-state index contributed by atoms with van der Waals surface area (Å²) >= 11 is 0. The van der Waals surface area contributed by atoms with Crippen LogP contribution >= 0.6 is 0 Å². The Morgan fingerprint density at radius 3 is 2.38 bits per heavy atom. The number of nitrogens with one attached hydrogen (secondary N) is 1. The van der Waals surface area contributed by atoms with Crippen LogP contribution in [-0.4, -0.2) is 60.6 Å². The summed E-state index contributed by atoms with van der Waals surface area (Å²) in [6.45, 7) is 9.21. The van der Waals surface area contributed by atoms with E-state index in [4.69, 9.17) is 4.74 Å². The lowest BCUT2D eigenvalue weighted by Gasteiger charge is -2.37. The number of benzene rings is 1. The number of nitrogens with zero attached hydrogens (tertiary/aromatic N) is 2. The smallest absolute Gasteiger partial charge is 0.337 e. The van der Waals surface area contributed by atoms with Crippen molar-refractivity contribution in [1.29, 1.82) is 0 Å². The number of likely N-dealkylation sites (tertiary alicyclic amines) is 1. The third kappa shape index (κ3) is 6.82. The van der Waals surface area contributed by atoms with E-state index in [1.807, 2.05) is 12.1 Å². The summed E-state index contributed by atoms with van der Waals surface area (Å²) in [4.78, 5) is 27.1. The van der Waals surface area contributed by atoms with Gasteiger partial charge in [-0.2, -0.15) is 10.0 Å². The van der Waals surface area contributed by atoms with Gasteiger partial charge in [-0.3, -0.25) is 4.79 Å². The van der Waals surface area contributed by atoms with Gasteiger partial charge in [0, 0.05) is 13.0 Å². The molecule has 1 atom stereocenters. The molecule has 1 aromatic rings. The van der Waals surface area contributed by atoms with Crippen molar-refractivity contribution in [3.8, 4) is 5.75 Å². The minimum atomic E-state index is -0.122. The molecule has 1 heterocycles. The highest BCUT2D eigenvalue weighted by Crippen LogP contribution is 2.19. The van der Waals surface area contributed by atoms with Crippen molar-refractivity contribution in [3.63, 3.8) is 0 Å². The van der Waals surface area contributed by atoms with Gasteiger partial charge in [-0.25, -0.2) is 4.79 Å². The van der Waals surface area contributed by atoms with Gasteiger partial charge in [-0.1, -0.05) is 19.1 Å². The zero-order valence-electron chi connectivity index (χ0n) is 18.6. The Labute approximate surface area is 175 Å². The third-order valence-electron chi connectivity index (χ3n) is 5.98. The molecule has 2 amide bonds. The first-order chi connectivity index (χ1) is 13.9. The molecule has 6 heteroatoms. The molecule has 2 rings (SSSR count). The quantitative estimate of drug-likeness (QED) is 0.642. The van der Waals surface area contributed by atoms with E-state index in [0.29, 0.717) is 12.5 Å². The number of piperidine rings is 1. The van der Waals surface area contributed by atoms with E-state index in [9.17, 15) is 9.59 Å². The van der Waals surface area contributed by atoms with Crippen molar-refractivity contribution in [2.24, 2.45) is 0 Å². The van der Waals surface area contributed by atoms with Gasteiger partial charge in [0.1, 0.15) is 18.8 Å². The predicted molar refractivity (Wildman–Crippen MR) is 115 cm³/mol. The molecule has 0 radical (unpaired) electrons. The van der Waals surface area contributed by atoms with Crippen molar-refractivity contribution >= 4 is 11.8 Å². The summed E-state index contributed by atoms with van der Waals surface area (Å²) < 4.78 is 5.37. The molecule has 1 saturated heterocycles. The second kappa shape index (κ2) is 11.3. The van der Waals surface area contributed by atoms with E-state index in [1.54, 1.807) is 7.11 Å². The van der Waals surface area contributed by atoms with Crippen molar-refractivity contribution < 1.29 is 18.9 Å². The van der Waals surface area contributed by atoms with Crippen LogP contribution in [-0.2, 0) is 16.0 Å². The standard InChI is InChI=1S/C23H37N3O3/c1-5-25(19(2)18-21-11-13-22(29-4)14-12-21)15-9-10-23(28)26(24-20(3)27)16-7-6-8-17-26/h11-14,19H,5-10,15-18H2,1-4H3/p+1. The van der Waals surface area contributed by atoms with Gasteiger partial charge in [0.25, 0.3) is 5.91 Å². The van der Waals surface area contributed by atoms with E-state index in [1.165, 1.54) is 12.5 Å². The molecule has 6 nitrogen and oxygen atoms in total. The number of hydrogen-bond acceptors (Lipinski definition) is 4. The number of carbonyl (C=O) groups excluding carboxylic acids is 2. The third-order valence-corrected chi connectivity index (χ3v) is 5.98. The molecule has 0 aliphatic carbocycles. The van der Waals surface area contributed by atoms with E-state index < -0.39 is 0 Å². The lowest BCUT2D eigenvalue weighted by atomic mass is 10.0. The average molecular weight is 405 g/mol. The van der Waals surface area contributed by atoms with E-state index in [2.05, 4.69) is 36.3 Å². The van der Waals surface area contributed by atoms with Gasteiger partial charge < -0.3 is 9.64 Å². The number of likely N-dealkylation sites (N-methyl/N-ethyl adjacent to an activating group) is 1. The van der Waals surface area contributed by atoms with Crippen molar-refractivity contribution in [2.75, 3.05) is 33.3 Å². The second-order valence-electron chi connectivity index (χ2n) is 8.17. The molecule has 29 heavy (non-hydrogen) atoms. The molecule has 0 aromatic heterocycles. The SMILES string of the molecule is CCN(CCCC(=O)[N+]1(NC(C)=O)CCCCC1)C(C)Cc1ccc(OC)cc1. The van der Waals surface area contributed by atoms with Crippen molar-refractivity contribution in [3.05, 3.63) is 29.8 Å². The van der Waals surface area contributed by atoms with Crippen LogP contribution in [0.3, 0.4) is 0 Å². The van der Waals surface area contributed by atoms with Crippen LogP contribution in [0.25, 0.3) is 0 Å². The van der Waals surface area contributed by atoms with Gasteiger partial charge in [-0.05, 0) is 69.8 Å². The minimum Gasteiger partial charge on any atom is -0.497 e. The van der Waals surface area contributed by atoms with Crippen LogP contribution in [0.4, 0.5) is 0 Å². The number of amides is 2. The number of carbonyl (C=O) groups is 2. The summed E-state index contributed by atoms with van der Waals surface area (Å²) in [7, 11) is 1.68. The molecule has 162 valence electrons. The van der Waals surface area contributed by atoms with Crippen molar-refractivity contribution in [2.45, 2.75) is 65.3 Å². The van der Waals surface area contributed by atoms with Crippen LogP contribution < -0.4 is 10.2 Å². The van der Waals surface area contributed by atoms with Crippen LogP contribution in [0.1, 0.15) is 58.4 Å². The van der Waals surface area contributed by atoms with Gasteiger partial charge in [-0.15, -0.1) is 0 Å². The first-order valence-corrected chi connectivity index (χ1v) is 11.0. The number of hydrogen-bond donors (Lipinski definition) is 1. The maximum Gasteiger partial charge on any atom is 0.337 e. The maximum absolute atomic E-state index is 13.0. The van der Waals surface area contributed by atoms with Gasteiger partial charge in [0.05, 0.1) is 13.5 Å². The molecule has 1 fully saturated rings. The number of ether oxygens (including phenoxy) is 1. The zero-order valence-corrected chi connectivity index (χ0v) is 18.6. The highest BCUT2D eigenvalue weighted by Gasteiger charge is 2.39. The number of rotatable bonds is 9. The number of quaternary nitrogens is 1. The van der Waals surface area contributed by atoms with E-state index >= 15 is 0 Å². The van der Waals surface area contributed by atoms with Gasteiger partial charge in [0.15, 0.2) is 0 Å². The predicted octanol–water partition coefficient (Wildman–Crippen LogP) is 3.31. The topological polar surface area (TPSA) is 58.6 Å². The van der Waals surface area contributed by atoms with Gasteiger partial charge >= 0.3 is 5.91 Å². The normalized spacial score (nSPS) is 17.0. The molecular formula is C23H38N3O3+. The Kier molecular flexibility index (Phi) is 9.11. The Morgan fingerprint density at radius 2 is 1.83 bits per heavy atom. The molecule has 1 aromatic carbocycles. The highest BCUT2D eigenvalue weighted by atomic mass is 16.5. The van der Waals surface area contributed by atoms with Crippen LogP contribution in [0.5, 0.6) is 5.75 Å². The lowest BCUT2D eigenvalue weighted by Crippen LogP contribution is -2.65. The number of methoxy groups -OCH3 is 1. The first kappa shape index (κ1) is 23.4. The molecule has 1 aliphatic heterocycles. The van der Waals surface area contributed by atoms with Crippen LogP contribution in [0, 0.1) is 0 Å². The largest absolute Gasteiger partial charge is 0.497 e. The molecule has 0 spiro atoms. The fourth-order valence-corrected chi connectivity index (χ4v) is 4.35. The van der Waals surface area contributed by atoms with Crippen molar-refractivity contribution in [1.82, 2.24) is 10.3 Å². The Hall–Kier alpha value is -1.92. The lowest BCUT2D eigenvalue weighted by molar-refractivity contribution is -0.894. The summed E-state index contributed by atoms with van der Waals surface area (Å²) in [5.74, 6) is 0.906. The summed E-state index contributed by atoms with van der Waals surface area (Å²) in [5, 5.41) is 0. The molecule has 1 aliphatic rings.